The standard InChI is InChI=1S/C8H10.C3H6/c1-7-4-3-5-8(2)6-7;1-2-3-1/h3-6H,1-2H3;1-3H2. The summed E-state index contributed by atoms with van der Waals surface area (Å²) in [6.45, 7) is 4.21. The Morgan fingerprint density at radius 2 is 1.36 bits per heavy atom. The molecule has 1 aromatic rings. The predicted molar refractivity (Wildman–Crippen MR) is 49.8 cm³/mol. The van der Waals surface area contributed by atoms with Crippen LogP contribution in [-0.2, 0) is 0 Å². The third kappa shape index (κ3) is 4.60. The summed E-state index contributed by atoms with van der Waals surface area (Å²) < 4.78 is 0. The molecular weight excluding hydrogens is 132 g/mol. The van der Waals surface area contributed by atoms with Gasteiger partial charge in [-0.05, 0) is 13.8 Å². The summed E-state index contributed by atoms with van der Waals surface area (Å²) in [7, 11) is 0. The summed E-state index contributed by atoms with van der Waals surface area (Å²) in [4.78, 5) is 0. The smallest absolute Gasteiger partial charge is 0.0398 e. The topological polar surface area (TPSA) is 0 Å². The summed E-state index contributed by atoms with van der Waals surface area (Å²) >= 11 is 0. The van der Waals surface area contributed by atoms with E-state index in [-0.39, 0.29) is 0 Å². The third-order valence-corrected chi connectivity index (χ3v) is 1.53. The van der Waals surface area contributed by atoms with Gasteiger partial charge in [-0.15, -0.1) is 0 Å². The van der Waals surface area contributed by atoms with Gasteiger partial charge in [0.2, 0.25) is 0 Å². The zero-order chi connectivity index (χ0) is 8.10. The normalized spacial score (nSPS) is 13.3. The molecule has 0 bridgehead atoms. The van der Waals surface area contributed by atoms with Crippen molar-refractivity contribution in [2.75, 3.05) is 0 Å². The van der Waals surface area contributed by atoms with Gasteiger partial charge in [-0.2, -0.15) is 0 Å². The lowest BCUT2D eigenvalue weighted by Gasteiger charge is -1.90. The molecule has 0 spiro atoms. The van der Waals surface area contributed by atoms with Crippen molar-refractivity contribution in [2.45, 2.75) is 33.1 Å². The number of benzene rings is 1. The Balaban J connectivity index is 0.000000167. The van der Waals surface area contributed by atoms with Crippen LogP contribution in [0.1, 0.15) is 30.4 Å². The molecule has 0 aromatic heterocycles. The molecule has 0 heterocycles. The first kappa shape index (κ1) is 8.32. The van der Waals surface area contributed by atoms with E-state index in [1.165, 1.54) is 30.4 Å². The Hall–Kier alpha value is -0.780. The molecule has 11 heavy (non-hydrogen) atoms. The molecule has 2 rings (SSSR count). The van der Waals surface area contributed by atoms with Crippen molar-refractivity contribution in [3.8, 4) is 0 Å². The van der Waals surface area contributed by atoms with E-state index in [0.717, 1.165) is 0 Å². The predicted octanol–water partition coefficient (Wildman–Crippen LogP) is 3.47. The van der Waals surface area contributed by atoms with Crippen LogP contribution < -0.4 is 0 Å². The van der Waals surface area contributed by atoms with Crippen LogP contribution in [0.5, 0.6) is 0 Å². The Bertz CT molecular complexity index is 191. The molecule has 60 valence electrons. The van der Waals surface area contributed by atoms with Crippen molar-refractivity contribution in [3.05, 3.63) is 35.4 Å². The minimum atomic E-state index is 1.34. The molecule has 0 amide bonds. The number of hydrogen-bond donors (Lipinski definition) is 0. The Morgan fingerprint density at radius 3 is 1.55 bits per heavy atom. The van der Waals surface area contributed by atoms with E-state index < -0.39 is 0 Å². The first-order valence-corrected chi connectivity index (χ1v) is 4.32. The van der Waals surface area contributed by atoms with Crippen LogP contribution in [0, 0.1) is 13.8 Å². The van der Waals surface area contributed by atoms with Crippen LogP contribution in [0.25, 0.3) is 0 Å². The van der Waals surface area contributed by atoms with E-state index in [1.54, 1.807) is 0 Å². The SMILES string of the molecule is C1CC1.Cc1cccc(C)c1. The summed E-state index contributed by atoms with van der Waals surface area (Å²) in [6.07, 6.45) is 4.50. The molecule has 0 N–H and O–H groups in total. The van der Waals surface area contributed by atoms with Gasteiger partial charge in [0.25, 0.3) is 0 Å². The van der Waals surface area contributed by atoms with Crippen LogP contribution in [0.15, 0.2) is 24.3 Å². The van der Waals surface area contributed by atoms with Crippen molar-refractivity contribution in [2.24, 2.45) is 0 Å². The third-order valence-electron chi connectivity index (χ3n) is 1.53. The van der Waals surface area contributed by atoms with Crippen molar-refractivity contribution in [3.63, 3.8) is 0 Å². The minimum Gasteiger partial charge on any atom is -0.0617 e. The first-order chi connectivity index (χ1) is 5.29. The molecule has 0 atom stereocenters. The second-order valence-electron chi connectivity index (χ2n) is 3.22. The van der Waals surface area contributed by atoms with E-state index in [1.807, 2.05) is 0 Å². The number of hydrogen-bond acceptors (Lipinski definition) is 0. The lowest BCUT2D eigenvalue weighted by atomic mass is 10.2. The van der Waals surface area contributed by atoms with Crippen LogP contribution in [0.4, 0.5) is 0 Å². The molecule has 1 aliphatic carbocycles. The van der Waals surface area contributed by atoms with Gasteiger partial charge in [0.1, 0.15) is 0 Å². The van der Waals surface area contributed by atoms with Crippen LogP contribution in [-0.4, -0.2) is 0 Å². The summed E-state index contributed by atoms with van der Waals surface area (Å²) in [5.41, 5.74) is 2.68. The Kier molecular flexibility index (Phi) is 3.15. The second-order valence-corrected chi connectivity index (χ2v) is 3.22. The van der Waals surface area contributed by atoms with Gasteiger partial charge in [-0.3, -0.25) is 0 Å². The molecule has 0 unspecified atom stereocenters. The van der Waals surface area contributed by atoms with E-state index in [4.69, 9.17) is 0 Å². The summed E-state index contributed by atoms with van der Waals surface area (Å²) in [6, 6.07) is 8.45. The van der Waals surface area contributed by atoms with Crippen molar-refractivity contribution < 1.29 is 0 Å². The van der Waals surface area contributed by atoms with Gasteiger partial charge in [-0.25, -0.2) is 0 Å². The van der Waals surface area contributed by atoms with Gasteiger partial charge < -0.3 is 0 Å². The van der Waals surface area contributed by atoms with E-state index in [0.29, 0.717) is 0 Å². The molecule has 1 aliphatic rings. The second kappa shape index (κ2) is 4.17. The van der Waals surface area contributed by atoms with E-state index in [2.05, 4.69) is 38.1 Å². The lowest BCUT2D eigenvalue weighted by Crippen LogP contribution is -1.71. The fourth-order valence-electron chi connectivity index (χ4n) is 0.807. The van der Waals surface area contributed by atoms with E-state index in [9.17, 15) is 0 Å². The monoisotopic (exact) mass is 148 g/mol. The fourth-order valence-corrected chi connectivity index (χ4v) is 0.807. The van der Waals surface area contributed by atoms with Crippen LogP contribution >= 0.6 is 0 Å². The van der Waals surface area contributed by atoms with Crippen molar-refractivity contribution in [1.82, 2.24) is 0 Å². The zero-order valence-electron chi connectivity index (χ0n) is 7.43. The Morgan fingerprint density at radius 1 is 0.909 bits per heavy atom. The van der Waals surface area contributed by atoms with Crippen molar-refractivity contribution >= 4 is 0 Å². The molecule has 0 nitrogen and oxygen atoms in total. The highest BCUT2D eigenvalue weighted by atomic mass is 14.0. The first-order valence-electron chi connectivity index (χ1n) is 4.32. The molecular formula is C11H16. The number of aryl methyl sites for hydroxylation is 2. The van der Waals surface area contributed by atoms with Crippen molar-refractivity contribution in [1.29, 1.82) is 0 Å². The molecule has 0 aliphatic heterocycles. The summed E-state index contributed by atoms with van der Waals surface area (Å²) in [5, 5.41) is 0. The van der Waals surface area contributed by atoms with Crippen LogP contribution in [0.3, 0.4) is 0 Å². The molecule has 1 fully saturated rings. The van der Waals surface area contributed by atoms with E-state index >= 15 is 0 Å². The summed E-state index contributed by atoms with van der Waals surface area (Å²) in [5.74, 6) is 0. The fraction of sp³-hybridized carbons (Fsp3) is 0.455. The van der Waals surface area contributed by atoms with Gasteiger partial charge in [0.05, 0.1) is 0 Å². The molecule has 0 radical (unpaired) electrons. The molecule has 1 aromatic carbocycles. The lowest BCUT2D eigenvalue weighted by molar-refractivity contribution is 1.39. The molecule has 0 saturated heterocycles. The van der Waals surface area contributed by atoms with Gasteiger partial charge in [-0.1, -0.05) is 54.7 Å². The average Bonchev–Trinajstić information content (AvgIpc) is 2.69. The minimum absolute atomic E-state index is 1.34. The van der Waals surface area contributed by atoms with Gasteiger partial charge in [0.15, 0.2) is 0 Å². The molecule has 1 saturated carbocycles. The maximum Gasteiger partial charge on any atom is -0.0398 e. The largest absolute Gasteiger partial charge is 0.0617 e. The molecule has 0 heteroatoms. The highest BCUT2D eigenvalue weighted by Crippen LogP contribution is 2.14. The zero-order valence-corrected chi connectivity index (χ0v) is 7.43. The van der Waals surface area contributed by atoms with Crippen LogP contribution in [0.2, 0.25) is 0 Å². The highest BCUT2D eigenvalue weighted by molar-refractivity contribution is 5.20. The maximum absolute atomic E-state index is 2.17. The quantitative estimate of drug-likeness (QED) is 0.528. The van der Waals surface area contributed by atoms with Gasteiger partial charge >= 0.3 is 0 Å². The van der Waals surface area contributed by atoms with Gasteiger partial charge in [0, 0.05) is 0 Å². The average molecular weight is 148 g/mol. The highest BCUT2D eigenvalue weighted by Gasteiger charge is 1.95. The maximum atomic E-state index is 2.17. The number of rotatable bonds is 0. The Labute approximate surface area is 69.3 Å².